The van der Waals surface area contributed by atoms with Gasteiger partial charge in [-0.2, -0.15) is 0 Å². The number of carboxylic acid groups (broad SMARTS) is 2. The predicted molar refractivity (Wildman–Crippen MR) is 102 cm³/mol. The Balaban J connectivity index is 0.000000527. The van der Waals surface area contributed by atoms with Crippen molar-refractivity contribution in [3.8, 4) is 5.75 Å². The highest BCUT2D eigenvalue weighted by Gasteiger charge is 2.12. The van der Waals surface area contributed by atoms with Crippen LogP contribution in [0, 0.1) is 6.92 Å². The van der Waals surface area contributed by atoms with Crippen molar-refractivity contribution in [2.24, 2.45) is 0 Å². The van der Waals surface area contributed by atoms with Gasteiger partial charge in [0, 0.05) is 32.7 Å². The fourth-order valence-electron chi connectivity index (χ4n) is 2.30. The Labute approximate surface area is 164 Å². The maximum absolute atomic E-state index is 9.10. The highest BCUT2D eigenvalue weighted by atomic mass is 35.5. The third-order valence-electron chi connectivity index (χ3n) is 3.90. The largest absolute Gasteiger partial charge is 0.490 e. The highest BCUT2D eigenvalue weighted by molar-refractivity contribution is 6.32. The lowest BCUT2D eigenvalue weighted by Crippen LogP contribution is -2.45. The van der Waals surface area contributed by atoms with Crippen molar-refractivity contribution in [1.29, 1.82) is 0 Å². The third kappa shape index (κ3) is 10.1. The number of aliphatic carboxylic acids is 2. The molecule has 0 aromatic heterocycles. The smallest absolute Gasteiger partial charge is 0.414 e. The number of hydrogen-bond donors (Lipinski definition) is 2. The van der Waals surface area contributed by atoms with Gasteiger partial charge in [0.25, 0.3) is 0 Å². The average molecular weight is 403 g/mol. The van der Waals surface area contributed by atoms with E-state index >= 15 is 0 Å². The number of carboxylic acids is 2. The normalized spacial score (nSPS) is 14.9. The summed E-state index contributed by atoms with van der Waals surface area (Å²) < 4.78 is 11.2. The molecule has 1 aromatic rings. The van der Waals surface area contributed by atoms with Gasteiger partial charge < -0.3 is 24.6 Å². The Hall–Kier alpha value is -1.87. The van der Waals surface area contributed by atoms with E-state index in [9.17, 15) is 0 Å². The summed E-state index contributed by atoms with van der Waals surface area (Å²) in [5.74, 6) is -2.92. The SMILES string of the molecule is Cc1ccc(OCCOCCN2CCN(C)CC2)c(Cl)c1.O=C(O)C(=O)O. The molecule has 0 atom stereocenters. The monoisotopic (exact) mass is 402 g/mol. The van der Waals surface area contributed by atoms with Crippen molar-refractivity contribution in [1.82, 2.24) is 9.80 Å². The number of likely N-dealkylation sites (N-methyl/N-ethyl adjacent to an activating group) is 1. The molecule has 152 valence electrons. The van der Waals surface area contributed by atoms with Crippen LogP contribution in [0.3, 0.4) is 0 Å². The van der Waals surface area contributed by atoms with Crippen LogP contribution in [-0.2, 0) is 14.3 Å². The number of halogens is 1. The van der Waals surface area contributed by atoms with Gasteiger partial charge in [-0.15, -0.1) is 0 Å². The lowest BCUT2D eigenvalue weighted by atomic mass is 10.2. The number of piperazine rings is 1. The summed E-state index contributed by atoms with van der Waals surface area (Å²) in [4.78, 5) is 23.0. The van der Waals surface area contributed by atoms with Gasteiger partial charge in [-0.05, 0) is 31.7 Å². The zero-order valence-electron chi connectivity index (χ0n) is 15.7. The van der Waals surface area contributed by atoms with Crippen LogP contribution in [0.1, 0.15) is 5.56 Å². The van der Waals surface area contributed by atoms with E-state index in [0.717, 1.165) is 50.6 Å². The molecule has 2 rings (SSSR count). The van der Waals surface area contributed by atoms with E-state index in [1.807, 2.05) is 25.1 Å². The van der Waals surface area contributed by atoms with Crippen LogP contribution in [0.2, 0.25) is 5.02 Å². The minimum Gasteiger partial charge on any atom is -0.490 e. The summed E-state index contributed by atoms with van der Waals surface area (Å²) in [6, 6.07) is 5.81. The first-order chi connectivity index (χ1) is 12.8. The van der Waals surface area contributed by atoms with E-state index in [-0.39, 0.29) is 0 Å². The van der Waals surface area contributed by atoms with E-state index in [1.165, 1.54) is 0 Å². The van der Waals surface area contributed by atoms with Crippen LogP contribution < -0.4 is 4.74 Å². The molecule has 0 spiro atoms. The molecule has 2 N–H and O–H groups in total. The zero-order chi connectivity index (χ0) is 20.2. The van der Waals surface area contributed by atoms with Gasteiger partial charge in [-0.25, -0.2) is 9.59 Å². The summed E-state index contributed by atoms with van der Waals surface area (Å²) in [6.07, 6.45) is 0. The Morgan fingerprint density at radius 2 is 1.70 bits per heavy atom. The van der Waals surface area contributed by atoms with E-state index in [1.54, 1.807) is 0 Å². The second kappa shape index (κ2) is 12.5. The first kappa shape index (κ1) is 23.2. The maximum Gasteiger partial charge on any atom is 0.414 e. The molecule has 1 aliphatic rings. The van der Waals surface area contributed by atoms with E-state index in [0.29, 0.717) is 18.2 Å². The standard InChI is InChI=1S/C16H25ClN2O2.C2H2O4/c1-14-3-4-16(15(17)13-14)21-12-11-20-10-9-19-7-5-18(2)6-8-19;3-1(4)2(5)6/h3-4,13H,5-12H2,1-2H3;(H,3,4)(H,5,6). The van der Waals surface area contributed by atoms with E-state index in [4.69, 9.17) is 40.9 Å². The molecule has 1 aromatic carbocycles. The number of rotatable bonds is 7. The molecular formula is C18H27ClN2O6. The van der Waals surface area contributed by atoms with Gasteiger partial charge in [0.05, 0.1) is 18.2 Å². The van der Waals surface area contributed by atoms with Gasteiger partial charge in [-0.1, -0.05) is 17.7 Å². The maximum atomic E-state index is 9.10. The molecule has 27 heavy (non-hydrogen) atoms. The molecule has 0 aliphatic carbocycles. The molecule has 0 bridgehead atoms. The fourth-order valence-corrected chi connectivity index (χ4v) is 2.59. The summed E-state index contributed by atoms with van der Waals surface area (Å²) in [5, 5.41) is 15.4. The van der Waals surface area contributed by atoms with Crippen molar-refractivity contribution >= 4 is 23.5 Å². The molecule has 1 saturated heterocycles. The quantitative estimate of drug-likeness (QED) is 0.522. The topological polar surface area (TPSA) is 99.5 Å². The summed E-state index contributed by atoms with van der Waals surface area (Å²) in [5.41, 5.74) is 1.13. The Kier molecular flexibility index (Phi) is 10.7. The number of ether oxygens (including phenoxy) is 2. The second-order valence-corrected chi connectivity index (χ2v) is 6.56. The second-order valence-electron chi connectivity index (χ2n) is 6.15. The van der Waals surface area contributed by atoms with Gasteiger partial charge in [0.15, 0.2) is 0 Å². The first-order valence-corrected chi connectivity index (χ1v) is 9.01. The van der Waals surface area contributed by atoms with Crippen LogP contribution >= 0.6 is 11.6 Å². The average Bonchev–Trinajstić information content (AvgIpc) is 2.61. The molecular weight excluding hydrogens is 376 g/mol. The number of aryl methyl sites for hydroxylation is 1. The van der Waals surface area contributed by atoms with E-state index in [2.05, 4.69) is 16.8 Å². The van der Waals surface area contributed by atoms with Crippen molar-refractivity contribution in [2.75, 3.05) is 59.6 Å². The van der Waals surface area contributed by atoms with Crippen LogP contribution in [0.15, 0.2) is 18.2 Å². The molecule has 1 heterocycles. The lowest BCUT2D eigenvalue weighted by Gasteiger charge is -2.32. The number of benzene rings is 1. The van der Waals surface area contributed by atoms with Gasteiger partial charge in [-0.3, -0.25) is 4.90 Å². The number of carbonyl (C=O) groups is 2. The Morgan fingerprint density at radius 1 is 1.07 bits per heavy atom. The van der Waals surface area contributed by atoms with Crippen molar-refractivity contribution in [3.05, 3.63) is 28.8 Å². The van der Waals surface area contributed by atoms with Crippen LogP contribution in [0.5, 0.6) is 5.75 Å². The molecule has 1 fully saturated rings. The van der Waals surface area contributed by atoms with Crippen LogP contribution in [0.25, 0.3) is 0 Å². The lowest BCUT2D eigenvalue weighted by molar-refractivity contribution is -0.159. The Morgan fingerprint density at radius 3 is 2.26 bits per heavy atom. The molecule has 9 heteroatoms. The van der Waals surface area contributed by atoms with Gasteiger partial charge >= 0.3 is 11.9 Å². The third-order valence-corrected chi connectivity index (χ3v) is 4.20. The Bertz CT molecular complexity index is 594. The minimum absolute atomic E-state index is 0.533. The van der Waals surface area contributed by atoms with Gasteiger partial charge in [0.1, 0.15) is 12.4 Å². The summed E-state index contributed by atoms with van der Waals surface area (Å²) >= 11 is 6.11. The molecule has 8 nitrogen and oxygen atoms in total. The van der Waals surface area contributed by atoms with Crippen LogP contribution in [0.4, 0.5) is 0 Å². The van der Waals surface area contributed by atoms with Crippen molar-refractivity contribution in [2.45, 2.75) is 6.92 Å². The van der Waals surface area contributed by atoms with Crippen LogP contribution in [-0.4, -0.2) is 91.5 Å². The fraction of sp³-hybridized carbons (Fsp3) is 0.556. The molecule has 0 amide bonds. The summed E-state index contributed by atoms with van der Waals surface area (Å²) in [6.45, 7) is 9.46. The summed E-state index contributed by atoms with van der Waals surface area (Å²) in [7, 11) is 2.17. The molecule has 0 unspecified atom stereocenters. The number of hydrogen-bond acceptors (Lipinski definition) is 6. The first-order valence-electron chi connectivity index (χ1n) is 8.63. The van der Waals surface area contributed by atoms with Gasteiger partial charge in [0.2, 0.25) is 0 Å². The van der Waals surface area contributed by atoms with Crippen molar-refractivity contribution in [3.63, 3.8) is 0 Å². The molecule has 0 radical (unpaired) electrons. The molecule has 1 aliphatic heterocycles. The zero-order valence-corrected chi connectivity index (χ0v) is 16.4. The number of nitrogens with zero attached hydrogens (tertiary/aromatic N) is 2. The minimum atomic E-state index is -1.82. The van der Waals surface area contributed by atoms with E-state index < -0.39 is 11.9 Å². The van der Waals surface area contributed by atoms with Crippen molar-refractivity contribution < 1.29 is 29.3 Å². The highest BCUT2D eigenvalue weighted by Crippen LogP contribution is 2.24. The molecule has 0 saturated carbocycles. The predicted octanol–water partition coefficient (Wildman–Crippen LogP) is 1.45.